The highest BCUT2D eigenvalue weighted by Gasteiger charge is 2.34. The zero-order valence-corrected chi connectivity index (χ0v) is 17.9. The first kappa shape index (κ1) is 20.0. The molecule has 0 bridgehead atoms. The number of unbranched alkanes of at least 4 members (excludes halogenated alkanes) is 1. The summed E-state index contributed by atoms with van der Waals surface area (Å²) in [5.74, 6) is -0.738. The van der Waals surface area contributed by atoms with Gasteiger partial charge in [-0.25, -0.2) is 9.78 Å². The van der Waals surface area contributed by atoms with Crippen LogP contribution in [0.1, 0.15) is 41.2 Å². The highest BCUT2D eigenvalue weighted by atomic mass is 16.5. The fourth-order valence-electron chi connectivity index (χ4n) is 5.09. The number of nitrogens with two attached hydrogens (primary N) is 1. The van der Waals surface area contributed by atoms with Crippen molar-refractivity contribution in [1.29, 1.82) is 0 Å². The number of aryl methyl sites for hydroxylation is 1. The Bertz CT molecular complexity index is 1530. The molecule has 166 valence electrons. The number of cyclic esters (lactones) is 1. The van der Waals surface area contributed by atoms with Crippen LogP contribution in [0.25, 0.3) is 33.2 Å². The number of esters is 1. The molecule has 0 radical (unpaired) electrons. The van der Waals surface area contributed by atoms with Gasteiger partial charge in [0.15, 0.2) is 6.10 Å². The van der Waals surface area contributed by atoms with Gasteiger partial charge in [0.2, 0.25) is 0 Å². The van der Waals surface area contributed by atoms with Crippen LogP contribution in [0.15, 0.2) is 41.3 Å². The molecule has 0 saturated carbocycles. The lowest BCUT2D eigenvalue weighted by atomic mass is 9.93. The largest absolute Gasteiger partial charge is 0.458 e. The number of rotatable bonds is 4. The van der Waals surface area contributed by atoms with E-state index in [2.05, 4.69) is 11.1 Å². The number of carbonyl (C=O) groups excluding carboxylic acids is 1. The number of carbonyl (C=O) groups is 1. The van der Waals surface area contributed by atoms with Gasteiger partial charge in [-0.2, -0.15) is 0 Å². The zero-order valence-electron chi connectivity index (χ0n) is 17.9. The second kappa shape index (κ2) is 7.47. The molecule has 2 aliphatic heterocycles. The number of nitrogens with zero attached hydrogens (tertiary/aromatic N) is 3. The molecule has 1 aromatic carbocycles. The van der Waals surface area contributed by atoms with Crippen molar-refractivity contribution in [3.05, 3.63) is 69.1 Å². The molecule has 0 saturated heterocycles. The Morgan fingerprint density at radius 1 is 1.15 bits per heavy atom. The minimum atomic E-state index is -1.46. The highest BCUT2D eigenvalue weighted by molar-refractivity contribution is 6.08. The van der Waals surface area contributed by atoms with E-state index in [4.69, 9.17) is 15.5 Å². The summed E-state index contributed by atoms with van der Waals surface area (Å²) in [7, 11) is 0. The van der Waals surface area contributed by atoms with Gasteiger partial charge in [-0.3, -0.25) is 9.78 Å². The highest BCUT2D eigenvalue weighted by Crippen LogP contribution is 2.40. The van der Waals surface area contributed by atoms with Gasteiger partial charge < -0.3 is 20.1 Å². The lowest BCUT2D eigenvalue weighted by Crippen LogP contribution is -2.32. The van der Waals surface area contributed by atoms with E-state index < -0.39 is 12.1 Å². The summed E-state index contributed by atoms with van der Waals surface area (Å²) >= 11 is 0. The van der Waals surface area contributed by atoms with E-state index in [1.165, 1.54) is 0 Å². The summed E-state index contributed by atoms with van der Waals surface area (Å²) in [6, 6.07) is 9.61. The van der Waals surface area contributed by atoms with Crippen LogP contribution in [0.2, 0.25) is 0 Å². The van der Waals surface area contributed by atoms with Gasteiger partial charge in [-0.15, -0.1) is 0 Å². The monoisotopic (exact) mass is 442 g/mol. The molecule has 3 N–H and O–H groups in total. The molecule has 2 aliphatic rings. The Labute approximate surface area is 188 Å². The lowest BCUT2D eigenvalue weighted by Gasteiger charge is -2.21. The molecule has 6 rings (SSSR count). The fourth-order valence-corrected chi connectivity index (χ4v) is 5.09. The minimum absolute atomic E-state index is 0.129. The molecule has 3 aromatic heterocycles. The third-order valence-corrected chi connectivity index (χ3v) is 6.70. The Hall–Kier alpha value is -3.62. The van der Waals surface area contributed by atoms with Crippen molar-refractivity contribution in [2.75, 3.05) is 6.54 Å². The topological polar surface area (TPSA) is 120 Å². The number of aromatic nitrogens is 3. The van der Waals surface area contributed by atoms with Crippen LogP contribution >= 0.6 is 0 Å². The zero-order chi connectivity index (χ0) is 22.7. The van der Waals surface area contributed by atoms with E-state index in [1.807, 2.05) is 18.2 Å². The van der Waals surface area contributed by atoms with Crippen molar-refractivity contribution in [3.63, 3.8) is 0 Å². The first-order valence-electron chi connectivity index (χ1n) is 11.1. The Balaban J connectivity index is 1.64. The van der Waals surface area contributed by atoms with Crippen LogP contribution in [-0.4, -0.2) is 32.2 Å². The maximum Gasteiger partial charge on any atom is 0.340 e. The second-order valence-electron chi connectivity index (χ2n) is 8.56. The molecule has 0 amide bonds. The molecular formula is C25H22N4O4. The molecule has 5 heterocycles. The average Bonchev–Trinajstić information content (AvgIpc) is 3.20. The van der Waals surface area contributed by atoms with Crippen molar-refractivity contribution in [2.24, 2.45) is 5.73 Å². The van der Waals surface area contributed by atoms with Crippen LogP contribution in [0, 0.1) is 0 Å². The van der Waals surface area contributed by atoms with E-state index in [0.717, 1.165) is 57.9 Å². The summed E-state index contributed by atoms with van der Waals surface area (Å²) in [5.41, 5.74) is 11.4. The van der Waals surface area contributed by atoms with Gasteiger partial charge in [-0.05, 0) is 55.6 Å². The lowest BCUT2D eigenvalue weighted by molar-refractivity contribution is -0.157. The first-order chi connectivity index (χ1) is 16.1. The molecule has 1 atom stereocenters. The van der Waals surface area contributed by atoms with Crippen molar-refractivity contribution < 1.29 is 14.6 Å². The SMILES string of the molecule is NCCCCc1c2c(nc3ccc4ncccc4c13)-c1cc3c(c(=O)n1C2)COC(=O)C3O. The molecule has 0 spiro atoms. The van der Waals surface area contributed by atoms with Crippen molar-refractivity contribution in [2.45, 2.75) is 38.5 Å². The van der Waals surface area contributed by atoms with Crippen LogP contribution in [0.4, 0.5) is 0 Å². The smallest absolute Gasteiger partial charge is 0.340 e. The maximum atomic E-state index is 13.3. The molecular weight excluding hydrogens is 420 g/mol. The number of aliphatic hydroxyl groups is 1. The van der Waals surface area contributed by atoms with E-state index in [0.29, 0.717) is 29.9 Å². The molecule has 8 heteroatoms. The predicted octanol–water partition coefficient (Wildman–Crippen LogP) is 2.35. The van der Waals surface area contributed by atoms with Crippen LogP contribution in [0.3, 0.4) is 0 Å². The number of hydrogen-bond acceptors (Lipinski definition) is 7. The fraction of sp³-hybridized carbons (Fsp3) is 0.280. The number of ether oxygens (including phenoxy) is 1. The Morgan fingerprint density at radius 2 is 2.00 bits per heavy atom. The van der Waals surface area contributed by atoms with E-state index in [1.54, 1.807) is 16.8 Å². The third-order valence-electron chi connectivity index (χ3n) is 6.70. The Kier molecular flexibility index (Phi) is 4.53. The van der Waals surface area contributed by atoms with Crippen LogP contribution in [0.5, 0.6) is 0 Å². The van der Waals surface area contributed by atoms with Gasteiger partial charge in [0, 0.05) is 28.1 Å². The molecule has 1 unspecified atom stereocenters. The van der Waals surface area contributed by atoms with E-state index in [-0.39, 0.29) is 12.2 Å². The number of aliphatic hydroxyl groups excluding tert-OH is 1. The molecule has 0 fully saturated rings. The van der Waals surface area contributed by atoms with Crippen LogP contribution in [-0.2, 0) is 29.1 Å². The average molecular weight is 442 g/mol. The molecule has 33 heavy (non-hydrogen) atoms. The normalized spacial score (nSPS) is 16.5. The first-order valence-corrected chi connectivity index (χ1v) is 11.1. The van der Waals surface area contributed by atoms with Crippen molar-refractivity contribution in [1.82, 2.24) is 14.5 Å². The number of fused-ring (bicyclic) bond motifs is 7. The number of hydrogen-bond donors (Lipinski definition) is 2. The summed E-state index contributed by atoms with van der Waals surface area (Å²) in [5, 5.41) is 12.4. The van der Waals surface area contributed by atoms with E-state index >= 15 is 0 Å². The summed E-state index contributed by atoms with van der Waals surface area (Å²) in [4.78, 5) is 34.7. The van der Waals surface area contributed by atoms with Gasteiger partial charge in [-0.1, -0.05) is 6.07 Å². The third kappa shape index (κ3) is 2.91. The van der Waals surface area contributed by atoms with Crippen LogP contribution < -0.4 is 11.3 Å². The molecule has 0 aliphatic carbocycles. The minimum Gasteiger partial charge on any atom is -0.458 e. The number of pyridine rings is 3. The molecule has 8 nitrogen and oxygen atoms in total. The van der Waals surface area contributed by atoms with Gasteiger partial charge in [0.25, 0.3) is 5.56 Å². The van der Waals surface area contributed by atoms with Crippen molar-refractivity contribution >= 4 is 27.8 Å². The van der Waals surface area contributed by atoms with Gasteiger partial charge in [0.1, 0.15) is 6.61 Å². The maximum absolute atomic E-state index is 13.3. The summed E-state index contributed by atoms with van der Waals surface area (Å²) in [6.07, 6.45) is 2.93. The quantitative estimate of drug-likeness (QED) is 0.249. The standard InChI is InChI=1S/C25H22N4O4/c26-8-2-1-4-13-16-11-29-20(10-15-17(24(29)31)12-33-25(32)23(15)30)22(16)28-19-7-6-18-14(21(13)19)5-3-9-27-18/h3,5-7,9-10,23,30H,1-2,4,8,11-12,26H2. The van der Waals surface area contributed by atoms with Gasteiger partial charge >= 0.3 is 5.97 Å². The summed E-state index contributed by atoms with van der Waals surface area (Å²) < 4.78 is 6.67. The summed E-state index contributed by atoms with van der Waals surface area (Å²) in [6.45, 7) is 0.875. The molecule has 4 aromatic rings. The van der Waals surface area contributed by atoms with E-state index in [9.17, 15) is 14.7 Å². The number of benzene rings is 1. The second-order valence-corrected chi connectivity index (χ2v) is 8.56. The van der Waals surface area contributed by atoms with Gasteiger partial charge in [0.05, 0.1) is 34.5 Å². The Morgan fingerprint density at radius 3 is 2.85 bits per heavy atom. The predicted molar refractivity (Wildman–Crippen MR) is 123 cm³/mol. The van der Waals surface area contributed by atoms with Crippen molar-refractivity contribution in [3.8, 4) is 11.4 Å².